The van der Waals surface area contributed by atoms with Gasteiger partial charge in [-0.15, -0.1) is 11.3 Å². The molecule has 0 saturated carbocycles. The second-order valence-electron chi connectivity index (χ2n) is 7.63. The highest BCUT2D eigenvalue weighted by Crippen LogP contribution is 2.32. The van der Waals surface area contributed by atoms with Crippen LogP contribution in [0.25, 0.3) is 21.9 Å². The Morgan fingerprint density at radius 2 is 1.84 bits per heavy atom. The summed E-state index contributed by atoms with van der Waals surface area (Å²) in [4.78, 5) is 23.4. The molecular formula is C26H22F3N3O4S. The minimum atomic E-state index is -5.08. The summed E-state index contributed by atoms with van der Waals surface area (Å²) in [5, 5.41) is 23.8. The van der Waals surface area contributed by atoms with Gasteiger partial charge >= 0.3 is 12.1 Å². The lowest BCUT2D eigenvalue weighted by Gasteiger charge is -2.17. The summed E-state index contributed by atoms with van der Waals surface area (Å²) in [5.41, 5.74) is 1.85. The average molecular weight is 530 g/mol. The van der Waals surface area contributed by atoms with E-state index in [1.165, 1.54) is 4.88 Å². The minimum Gasteiger partial charge on any atom is -0.497 e. The molecule has 2 aromatic carbocycles. The van der Waals surface area contributed by atoms with Crippen molar-refractivity contribution in [2.75, 3.05) is 13.7 Å². The number of ether oxygens (including phenoxy) is 1. The first-order valence-electron chi connectivity index (χ1n) is 10.9. The summed E-state index contributed by atoms with van der Waals surface area (Å²) in [6.07, 6.45) is -5.08. The molecule has 0 aliphatic heterocycles. The number of hydrogen-bond acceptors (Lipinski definition) is 6. The fourth-order valence-corrected chi connectivity index (χ4v) is 4.27. The summed E-state index contributed by atoms with van der Waals surface area (Å²) in [7, 11) is 1.59. The van der Waals surface area contributed by atoms with Gasteiger partial charge in [0.2, 0.25) is 0 Å². The number of nitriles is 1. The zero-order chi connectivity index (χ0) is 27.0. The number of thiophene rings is 1. The maximum absolute atomic E-state index is 13.3. The number of nitrogens with one attached hydrogen (secondary N) is 1. The third-order valence-corrected chi connectivity index (χ3v) is 6.16. The quantitative estimate of drug-likeness (QED) is 0.326. The Morgan fingerprint density at radius 1 is 1.14 bits per heavy atom. The second-order valence-corrected chi connectivity index (χ2v) is 8.66. The van der Waals surface area contributed by atoms with Gasteiger partial charge in [0.15, 0.2) is 0 Å². The summed E-state index contributed by atoms with van der Waals surface area (Å²) in [5.74, 6) is -2.11. The largest absolute Gasteiger partial charge is 0.497 e. The van der Waals surface area contributed by atoms with E-state index in [1.54, 1.807) is 35.1 Å². The van der Waals surface area contributed by atoms with Gasteiger partial charge in [-0.05, 0) is 35.2 Å². The van der Waals surface area contributed by atoms with Crippen molar-refractivity contribution < 1.29 is 27.8 Å². The SMILES string of the molecule is COc1ccc2c(=O)n(CCNCc3cccs3)c(C#N)c(-c3ccccc3)c2c1.O=C(O)C(F)(F)F. The Bertz CT molecular complexity index is 1460. The lowest BCUT2D eigenvalue weighted by atomic mass is 9.97. The number of pyridine rings is 1. The molecule has 0 unspecified atom stereocenters. The van der Waals surface area contributed by atoms with E-state index in [1.807, 2.05) is 47.8 Å². The number of benzene rings is 2. The molecule has 0 saturated heterocycles. The van der Waals surface area contributed by atoms with Crippen molar-refractivity contribution in [2.45, 2.75) is 19.3 Å². The highest BCUT2D eigenvalue weighted by molar-refractivity contribution is 7.09. The van der Waals surface area contributed by atoms with Crippen molar-refractivity contribution in [1.82, 2.24) is 9.88 Å². The molecule has 2 N–H and O–H groups in total. The molecule has 4 aromatic rings. The maximum Gasteiger partial charge on any atom is 0.490 e. The van der Waals surface area contributed by atoms with Crippen molar-refractivity contribution in [3.8, 4) is 22.9 Å². The highest BCUT2D eigenvalue weighted by atomic mass is 32.1. The number of carbonyl (C=O) groups is 1. The lowest BCUT2D eigenvalue weighted by molar-refractivity contribution is -0.192. The number of methoxy groups -OCH3 is 1. The van der Waals surface area contributed by atoms with Gasteiger partial charge in [0.1, 0.15) is 17.5 Å². The van der Waals surface area contributed by atoms with Crippen molar-refractivity contribution in [3.05, 3.63) is 87.0 Å². The first kappa shape index (κ1) is 27.4. The number of aromatic nitrogens is 1. The van der Waals surface area contributed by atoms with Gasteiger partial charge < -0.3 is 15.2 Å². The molecule has 2 heterocycles. The van der Waals surface area contributed by atoms with Gasteiger partial charge in [-0.25, -0.2) is 4.79 Å². The van der Waals surface area contributed by atoms with Crippen LogP contribution in [0.15, 0.2) is 70.8 Å². The molecule has 2 aromatic heterocycles. The standard InChI is InChI=1S/C24H21N3O2S.C2HF3O2/c1-29-18-9-10-20-21(14-18)23(17-6-3-2-4-7-17)22(15-25)27(24(20)28)12-11-26-16-19-8-5-13-30-19;3-2(4,5)1(6)7/h2-10,13-14,26H,11-12,16H2,1H3;(H,6,7). The number of alkyl halides is 3. The van der Waals surface area contributed by atoms with Crippen LogP contribution in [0, 0.1) is 11.3 Å². The third-order valence-electron chi connectivity index (χ3n) is 5.28. The smallest absolute Gasteiger partial charge is 0.490 e. The number of aliphatic carboxylic acids is 1. The molecule has 11 heteroatoms. The maximum atomic E-state index is 13.3. The van der Waals surface area contributed by atoms with Crippen LogP contribution in [0.2, 0.25) is 0 Å². The molecule has 192 valence electrons. The van der Waals surface area contributed by atoms with Gasteiger partial charge in [0.25, 0.3) is 5.56 Å². The van der Waals surface area contributed by atoms with Gasteiger partial charge in [0, 0.05) is 40.8 Å². The number of carboxylic acid groups (broad SMARTS) is 1. The Balaban J connectivity index is 0.000000479. The third kappa shape index (κ3) is 6.75. The number of hydrogen-bond donors (Lipinski definition) is 2. The molecule has 37 heavy (non-hydrogen) atoms. The van der Waals surface area contributed by atoms with Crippen LogP contribution in [0.5, 0.6) is 5.75 Å². The number of halogens is 3. The fraction of sp³-hybridized carbons (Fsp3) is 0.192. The Kier molecular flexibility index (Phi) is 9.05. The second kappa shape index (κ2) is 12.2. The summed E-state index contributed by atoms with van der Waals surface area (Å²) >= 11 is 1.69. The molecular weight excluding hydrogens is 507 g/mol. The normalized spacial score (nSPS) is 10.9. The van der Waals surface area contributed by atoms with Gasteiger partial charge in [-0.3, -0.25) is 9.36 Å². The van der Waals surface area contributed by atoms with E-state index < -0.39 is 12.1 Å². The van der Waals surface area contributed by atoms with E-state index in [0.717, 1.165) is 23.1 Å². The minimum absolute atomic E-state index is 0.165. The van der Waals surface area contributed by atoms with E-state index in [2.05, 4.69) is 17.5 Å². The molecule has 4 rings (SSSR count). The van der Waals surface area contributed by atoms with Crippen molar-refractivity contribution in [2.24, 2.45) is 0 Å². The number of fused-ring (bicyclic) bond motifs is 1. The number of rotatable bonds is 7. The average Bonchev–Trinajstić information content (AvgIpc) is 3.41. The fourth-order valence-electron chi connectivity index (χ4n) is 3.60. The van der Waals surface area contributed by atoms with E-state index in [0.29, 0.717) is 29.9 Å². The molecule has 0 spiro atoms. The predicted octanol–water partition coefficient (Wildman–Crippen LogP) is 5.03. The monoisotopic (exact) mass is 529 g/mol. The molecule has 0 amide bonds. The van der Waals surface area contributed by atoms with E-state index in [9.17, 15) is 23.2 Å². The molecule has 0 bridgehead atoms. The Morgan fingerprint density at radius 3 is 2.41 bits per heavy atom. The van der Waals surface area contributed by atoms with Gasteiger partial charge in [-0.2, -0.15) is 18.4 Å². The van der Waals surface area contributed by atoms with E-state index in [-0.39, 0.29) is 5.56 Å². The lowest BCUT2D eigenvalue weighted by Crippen LogP contribution is -2.29. The molecule has 7 nitrogen and oxygen atoms in total. The van der Waals surface area contributed by atoms with Gasteiger partial charge in [0.05, 0.1) is 7.11 Å². The van der Waals surface area contributed by atoms with Crippen LogP contribution in [-0.2, 0) is 17.9 Å². The molecule has 0 fully saturated rings. The predicted molar refractivity (Wildman–Crippen MR) is 135 cm³/mol. The Hall–Kier alpha value is -4.14. The van der Waals surface area contributed by atoms with Crippen molar-refractivity contribution in [3.63, 3.8) is 0 Å². The van der Waals surface area contributed by atoms with Gasteiger partial charge in [-0.1, -0.05) is 36.4 Å². The Labute approximate surface area is 214 Å². The van der Waals surface area contributed by atoms with Crippen LogP contribution < -0.4 is 15.6 Å². The van der Waals surface area contributed by atoms with Crippen LogP contribution in [0.4, 0.5) is 13.2 Å². The summed E-state index contributed by atoms with van der Waals surface area (Å²) in [6.45, 7) is 1.74. The summed E-state index contributed by atoms with van der Waals surface area (Å²) in [6, 6.07) is 21.5. The first-order chi connectivity index (χ1) is 17.7. The molecule has 0 aliphatic carbocycles. The van der Waals surface area contributed by atoms with Crippen LogP contribution >= 0.6 is 11.3 Å². The summed E-state index contributed by atoms with van der Waals surface area (Å²) < 4.78 is 38.7. The topological polar surface area (TPSA) is 104 Å². The van der Waals surface area contributed by atoms with Crippen molar-refractivity contribution >= 4 is 28.1 Å². The molecule has 0 aliphatic rings. The first-order valence-corrected chi connectivity index (χ1v) is 11.8. The van der Waals surface area contributed by atoms with E-state index >= 15 is 0 Å². The molecule has 0 radical (unpaired) electrons. The van der Waals surface area contributed by atoms with Crippen molar-refractivity contribution in [1.29, 1.82) is 5.26 Å². The number of carboxylic acids is 1. The zero-order valence-electron chi connectivity index (χ0n) is 19.6. The van der Waals surface area contributed by atoms with E-state index in [4.69, 9.17) is 14.6 Å². The van der Waals surface area contributed by atoms with Crippen LogP contribution in [-0.4, -0.2) is 35.5 Å². The highest BCUT2D eigenvalue weighted by Gasteiger charge is 2.38. The molecule has 0 atom stereocenters. The van der Waals surface area contributed by atoms with Crippen LogP contribution in [0.3, 0.4) is 0 Å². The van der Waals surface area contributed by atoms with Crippen LogP contribution in [0.1, 0.15) is 10.6 Å². The zero-order valence-corrected chi connectivity index (χ0v) is 20.4. The number of nitrogens with zero attached hydrogens (tertiary/aromatic N) is 2.